The average Bonchev–Trinajstić information content (AvgIpc) is 3.74. The first-order valence-electron chi connectivity index (χ1n) is 19.0. The summed E-state index contributed by atoms with van der Waals surface area (Å²) in [7, 11) is -6.34. The molecule has 18 heteroatoms. The van der Waals surface area contributed by atoms with Crippen LogP contribution < -0.4 is 30.1 Å². The van der Waals surface area contributed by atoms with Crippen LogP contribution in [0.2, 0.25) is 5.02 Å². The maximum absolute atomic E-state index is 12.8. The highest BCUT2D eigenvalue weighted by Gasteiger charge is 2.29. The fourth-order valence-electron chi connectivity index (χ4n) is 6.54. The standard InChI is InChI=1S/C26H24ClN3O4S.C10H14N2O2S.C7H8N2O2.CH4/c1-17-5-6-19(12-25(17)34-23-15-20(27)14-21(16-23)28-3)13-26(31)29-24-8-7-22(11-18(24)2)30-9-4-10-35(30,32)33;1-8-7-9(3-4-10(8)11)12-5-2-6-15(12,13)14;1-5-4-6(8)2-3-7(5)9(10)11;/h5-8,11-12,14-16H,4,9-10,13H2,1-2H3,(H,29,31);3-4,7H,2,5-6,11H2,1H3;2-4H,8H2,1H3;1H4. The van der Waals surface area contributed by atoms with E-state index in [1.807, 2.05) is 39.0 Å². The highest BCUT2D eigenvalue weighted by molar-refractivity contribution is 7.93. The van der Waals surface area contributed by atoms with Gasteiger partial charge >= 0.3 is 0 Å². The second-order valence-corrected chi connectivity index (χ2v) is 19.0. The monoisotopic (exact) mass is 903 g/mol. The summed E-state index contributed by atoms with van der Waals surface area (Å²) in [5.41, 5.74) is 18.7. The number of anilines is 5. The summed E-state index contributed by atoms with van der Waals surface area (Å²) in [6, 6.07) is 25.4. The number of nitro benzene ring substituents is 1. The number of nitrogens with zero attached hydrogens (tertiary/aromatic N) is 4. The molecule has 0 saturated carbocycles. The van der Waals surface area contributed by atoms with Crippen molar-refractivity contribution in [2.75, 3.05) is 50.0 Å². The number of carbonyl (C=O) groups excluding carboxylic acids is 1. The molecule has 2 saturated heterocycles. The molecule has 15 nitrogen and oxygen atoms in total. The first kappa shape index (κ1) is 48.3. The maximum atomic E-state index is 12.8. The van der Waals surface area contributed by atoms with Gasteiger partial charge in [-0.25, -0.2) is 21.7 Å². The van der Waals surface area contributed by atoms with E-state index in [1.54, 1.807) is 67.6 Å². The molecule has 5 N–H and O–H groups in total. The Morgan fingerprint density at radius 3 is 1.95 bits per heavy atom. The first-order valence-corrected chi connectivity index (χ1v) is 22.6. The number of hydrogen-bond acceptors (Lipinski definition) is 10. The molecule has 0 radical (unpaired) electrons. The fraction of sp³-hybridized carbons (Fsp3) is 0.273. The van der Waals surface area contributed by atoms with E-state index < -0.39 is 25.0 Å². The van der Waals surface area contributed by atoms with Crippen LogP contribution in [0.25, 0.3) is 4.85 Å². The molecule has 328 valence electrons. The van der Waals surface area contributed by atoms with Gasteiger partial charge in [-0.1, -0.05) is 31.2 Å². The van der Waals surface area contributed by atoms with E-state index in [0.29, 0.717) is 76.5 Å². The van der Waals surface area contributed by atoms with E-state index in [1.165, 1.54) is 20.7 Å². The Hall–Kier alpha value is -6.35. The van der Waals surface area contributed by atoms with Crippen LogP contribution in [-0.4, -0.2) is 52.3 Å². The number of nitrogens with one attached hydrogen (secondary N) is 1. The molecule has 0 bridgehead atoms. The van der Waals surface area contributed by atoms with Crippen molar-refractivity contribution >= 4 is 77.4 Å². The number of ether oxygens (including phenoxy) is 1. The van der Waals surface area contributed by atoms with Crippen molar-refractivity contribution in [3.8, 4) is 11.5 Å². The van der Waals surface area contributed by atoms with Crippen LogP contribution in [-0.2, 0) is 31.3 Å². The third-order valence-corrected chi connectivity index (χ3v) is 13.7. The molecule has 62 heavy (non-hydrogen) atoms. The fourth-order valence-corrected chi connectivity index (χ4v) is 9.88. The zero-order chi connectivity index (χ0) is 44.6. The summed E-state index contributed by atoms with van der Waals surface area (Å²) in [6.07, 6.45) is 1.44. The Labute approximate surface area is 368 Å². The van der Waals surface area contributed by atoms with E-state index in [0.717, 1.165) is 27.9 Å². The lowest BCUT2D eigenvalue weighted by atomic mass is 10.1. The maximum Gasteiger partial charge on any atom is 0.272 e. The Balaban J connectivity index is 0.000000255. The lowest BCUT2D eigenvalue weighted by Gasteiger charge is -2.18. The predicted octanol–water partition coefficient (Wildman–Crippen LogP) is 9.26. The van der Waals surface area contributed by atoms with Crippen LogP contribution in [0.5, 0.6) is 11.5 Å². The van der Waals surface area contributed by atoms with Crippen LogP contribution in [0.4, 0.5) is 39.8 Å². The van der Waals surface area contributed by atoms with Gasteiger partial charge in [0.05, 0.1) is 40.8 Å². The number of benzene rings is 5. The van der Waals surface area contributed by atoms with E-state index in [9.17, 15) is 31.7 Å². The molecule has 5 aromatic carbocycles. The normalized spacial score (nSPS) is 14.5. The first-order chi connectivity index (χ1) is 28.8. The number of hydrogen-bond donors (Lipinski definition) is 3. The molecule has 0 atom stereocenters. The van der Waals surface area contributed by atoms with Gasteiger partial charge in [-0.05, 0) is 136 Å². The number of nitrogen functional groups attached to an aromatic ring is 2. The van der Waals surface area contributed by atoms with E-state index in [2.05, 4.69) is 10.2 Å². The minimum absolute atomic E-state index is 0. The molecular formula is C44H50ClN7O8S2. The van der Waals surface area contributed by atoms with Crippen molar-refractivity contribution in [2.45, 2.75) is 54.4 Å². The molecule has 0 aromatic heterocycles. The Morgan fingerprint density at radius 2 is 1.42 bits per heavy atom. The predicted molar refractivity (Wildman–Crippen MR) is 249 cm³/mol. The molecule has 0 spiro atoms. The number of sulfonamides is 2. The SMILES string of the molecule is C.Cc1cc(N)ccc1[N+](=O)[O-].Cc1cc(N2CCCS2(=O)=O)ccc1N.[C-]#[N+]c1cc(Cl)cc(Oc2cc(CC(=O)Nc3ccc(N4CCCS4(=O)=O)cc3C)ccc2C)c1. The molecule has 5 aromatic rings. The summed E-state index contributed by atoms with van der Waals surface area (Å²) in [4.78, 5) is 26.0. The van der Waals surface area contributed by atoms with Crippen molar-refractivity contribution < 1.29 is 31.3 Å². The topological polar surface area (TPSA) is 213 Å². The van der Waals surface area contributed by atoms with Gasteiger partial charge in [-0.3, -0.25) is 23.5 Å². The highest BCUT2D eigenvalue weighted by atomic mass is 35.5. The minimum Gasteiger partial charge on any atom is -0.458 e. The van der Waals surface area contributed by atoms with Gasteiger partial charge in [-0.2, -0.15) is 0 Å². The zero-order valence-corrected chi connectivity index (χ0v) is 36.4. The van der Waals surface area contributed by atoms with Crippen LogP contribution in [0.1, 0.15) is 48.1 Å². The number of carbonyl (C=O) groups is 1. The molecule has 7 rings (SSSR count). The van der Waals surface area contributed by atoms with Crippen LogP contribution >= 0.6 is 11.6 Å². The molecule has 2 aliphatic rings. The van der Waals surface area contributed by atoms with Crippen molar-refractivity contribution in [3.05, 3.63) is 145 Å². The second kappa shape index (κ2) is 20.5. The number of nitro groups is 1. The molecule has 2 fully saturated rings. The lowest BCUT2D eigenvalue weighted by Crippen LogP contribution is -2.25. The third kappa shape index (κ3) is 12.4. The smallest absolute Gasteiger partial charge is 0.272 e. The van der Waals surface area contributed by atoms with Crippen LogP contribution in [0.3, 0.4) is 0 Å². The van der Waals surface area contributed by atoms with E-state index >= 15 is 0 Å². The molecule has 0 aliphatic carbocycles. The molecule has 2 aliphatic heterocycles. The lowest BCUT2D eigenvalue weighted by molar-refractivity contribution is -0.385. The minimum atomic E-state index is -3.26. The second-order valence-electron chi connectivity index (χ2n) is 14.5. The summed E-state index contributed by atoms with van der Waals surface area (Å²) in [5, 5.41) is 13.6. The summed E-state index contributed by atoms with van der Waals surface area (Å²) < 4.78 is 56.5. The molecule has 0 unspecified atom stereocenters. The number of halogens is 1. The number of aryl methyl sites for hydroxylation is 4. The number of rotatable bonds is 8. The van der Waals surface area contributed by atoms with Gasteiger partial charge in [0.1, 0.15) is 11.5 Å². The van der Waals surface area contributed by atoms with Gasteiger partial charge < -0.3 is 21.5 Å². The Bertz CT molecular complexity index is 2740. The van der Waals surface area contributed by atoms with Crippen molar-refractivity contribution in [1.82, 2.24) is 0 Å². The molecular weight excluding hydrogens is 854 g/mol. The van der Waals surface area contributed by atoms with Crippen LogP contribution in [0.15, 0.2) is 91.0 Å². The van der Waals surface area contributed by atoms with E-state index in [4.69, 9.17) is 34.4 Å². The largest absolute Gasteiger partial charge is 0.458 e. The van der Waals surface area contributed by atoms with Gasteiger partial charge in [-0.15, -0.1) is 0 Å². The summed E-state index contributed by atoms with van der Waals surface area (Å²) in [5.74, 6) is 1.22. The number of amides is 1. The van der Waals surface area contributed by atoms with Gasteiger partial charge in [0, 0.05) is 46.8 Å². The van der Waals surface area contributed by atoms with E-state index in [-0.39, 0.29) is 36.9 Å². The van der Waals surface area contributed by atoms with Gasteiger partial charge in [0.15, 0.2) is 5.69 Å². The van der Waals surface area contributed by atoms with Gasteiger partial charge in [0.25, 0.3) is 5.69 Å². The Kier molecular flexibility index (Phi) is 16.0. The van der Waals surface area contributed by atoms with Crippen LogP contribution in [0, 0.1) is 44.4 Å². The molecule has 2 heterocycles. The van der Waals surface area contributed by atoms with Crippen molar-refractivity contribution in [3.63, 3.8) is 0 Å². The van der Waals surface area contributed by atoms with Gasteiger partial charge in [0.2, 0.25) is 26.0 Å². The summed E-state index contributed by atoms with van der Waals surface area (Å²) >= 11 is 6.08. The highest BCUT2D eigenvalue weighted by Crippen LogP contribution is 2.33. The number of nitrogens with two attached hydrogens (primary N) is 2. The van der Waals surface area contributed by atoms with Crippen molar-refractivity contribution in [2.24, 2.45) is 0 Å². The quantitative estimate of drug-likeness (QED) is 0.0581. The average molecular weight is 905 g/mol. The molecule has 1 amide bonds. The van der Waals surface area contributed by atoms with Crippen molar-refractivity contribution in [1.29, 1.82) is 0 Å². The third-order valence-electron chi connectivity index (χ3n) is 9.76. The Morgan fingerprint density at radius 1 is 0.806 bits per heavy atom. The summed E-state index contributed by atoms with van der Waals surface area (Å²) in [6.45, 7) is 15.5. The zero-order valence-electron chi connectivity index (χ0n) is 34.0.